The van der Waals surface area contributed by atoms with Crippen molar-refractivity contribution in [2.45, 2.75) is 13.8 Å². The molecule has 3 heteroatoms. The van der Waals surface area contributed by atoms with Crippen molar-refractivity contribution in [1.82, 2.24) is 0 Å². The molecule has 1 aliphatic rings. The van der Waals surface area contributed by atoms with Crippen LogP contribution in [0.1, 0.15) is 13.8 Å². The first-order chi connectivity index (χ1) is 8.15. The minimum atomic E-state index is 0.752. The molecule has 0 amide bonds. The van der Waals surface area contributed by atoms with E-state index < -0.39 is 0 Å². The molecule has 1 heterocycles. The average molecular weight is 226 g/mol. The zero-order valence-electron chi connectivity index (χ0n) is 10.4. The third-order valence-electron chi connectivity index (χ3n) is 3.20. The quantitative estimate of drug-likeness (QED) is 0.529. The summed E-state index contributed by atoms with van der Waals surface area (Å²) < 4.78 is 2.10. The Labute approximate surface area is 102 Å². The van der Waals surface area contributed by atoms with E-state index in [2.05, 4.69) is 26.5 Å². The molecule has 0 aliphatic carbocycles. The highest BCUT2D eigenvalue weighted by atomic mass is 15.3. The molecule has 1 aliphatic heterocycles. The van der Waals surface area contributed by atoms with Crippen molar-refractivity contribution in [2.24, 2.45) is 0 Å². The molecule has 0 bridgehead atoms. The lowest BCUT2D eigenvalue weighted by atomic mass is 10.1. The Morgan fingerprint density at radius 1 is 1.24 bits per heavy atom. The third kappa shape index (κ3) is 1.94. The van der Waals surface area contributed by atoms with Crippen LogP contribution < -0.4 is 4.90 Å². The van der Waals surface area contributed by atoms with Crippen molar-refractivity contribution in [3.05, 3.63) is 53.1 Å². The van der Waals surface area contributed by atoms with Gasteiger partial charge in [0, 0.05) is 18.3 Å². The predicted molar refractivity (Wildman–Crippen MR) is 70.0 cm³/mol. The SMILES string of the molecule is [C-]#[N+]C1=C(C)N(c2ccccc2)C[N+](C)=C1C. The standard InChI is InChI=1S/C14H16N3/c1-11-14(15-3)12(2)17(10-16(11)4)13-8-6-5-7-9-13/h5-9H,10H2,1-2,4H3/q+1. The van der Waals surface area contributed by atoms with Gasteiger partial charge in [-0.1, -0.05) is 18.2 Å². The Bertz CT molecular complexity index is 532. The molecule has 2 rings (SSSR count). The first-order valence-corrected chi connectivity index (χ1v) is 5.61. The molecule has 3 nitrogen and oxygen atoms in total. The van der Waals surface area contributed by atoms with E-state index in [9.17, 15) is 0 Å². The summed E-state index contributed by atoms with van der Waals surface area (Å²) >= 11 is 0. The molecule has 0 saturated heterocycles. The van der Waals surface area contributed by atoms with Gasteiger partial charge >= 0.3 is 0 Å². The van der Waals surface area contributed by atoms with Crippen LogP contribution in [0.5, 0.6) is 0 Å². The number of hydrogen-bond acceptors (Lipinski definition) is 1. The van der Waals surface area contributed by atoms with E-state index >= 15 is 0 Å². The molecule has 1 aromatic rings. The number of para-hydroxylation sites is 1. The lowest BCUT2D eigenvalue weighted by Crippen LogP contribution is -2.37. The summed E-state index contributed by atoms with van der Waals surface area (Å²) in [6, 6.07) is 10.2. The fraction of sp³-hybridized carbons (Fsp3) is 0.286. The molecule has 0 fully saturated rings. The highest BCUT2D eigenvalue weighted by Crippen LogP contribution is 2.24. The van der Waals surface area contributed by atoms with Crippen LogP contribution in [0.2, 0.25) is 0 Å². The zero-order valence-corrected chi connectivity index (χ0v) is 10.4. The van der Waals surface area contributed by atoms with Crippen LogP contribution >= 0.6 is 0 Å². The fourth-order valence-electron chi connectivity index (χ4n) is 2.04. The molecule has 1 aromatic carbocycles. The molecule has 0 unspecified atom stereocenters. The Morgan fingerprint density at radius 3 is 2.47 bits per heavy atom. The van der Waals surface area contributed by atoms with E-state index in [1.165, 1.54) is 0 Å². The number of benzene rings is 1. The topological polar surface area (TPSA) is 10.6 Å². The van der Waals surface area contributed by atoms with Gasteiger partial charge in [-0.3, -0.25) is 4.90 Å². The van der Waals surface area contributed by atoms with Crippen molar-refractivity contribution < 1.29 is 4.58 Å². The van der Waals surface area contributed by atoms with E-state index in [1.807, 2.05) is 39.1 Å². The summed E-state index contributed by atoms with van der Waals surface area (Å²) in [5.74, 6) is 0. The predicted octanol–water partition coefficient (Wildman–Crippen LogP) is 2.72. The molecule has 0 atom stereocenters. The van der Waals surface area contributed by atoms with E-state index in [1.54, 1.807) is 0 Å². The summed E-state index contributed by atoms with van der Waals surface area (Å²) in [5, 5.41) is 0. The average Bonchev–Trinajstić information content (AvgIpc) is 2.36. The molecule has 0 N–H and O–H groups in total. The normalized spacial score (nSPS) is 16.2. The van der Waals surface area contributed by atoms with Crippen LogP contribution in [0.25, 0.3) is 4.85 Å². The van der Waals surface area contributed by atoms with Crippen molar-refractivity contribution >= 4 is 11.4 Å². The van der Waals surface area contributed by atoms with Crippen LogP contribution in [0.4, 0.5) is 5.69 Å². The lowest BCUT2D eigenvalue weighted by molar-refractivity contribution is -0.497. The third-order valence-corrected chi connectivity index (χ3v) is 3.20. The van der Waals surface area contributed by atoms with Gasteiger partial charge < -0.3 is 0 Å². The maximum Gasteiger partial charge on any atom is 0.270 e. The Kier molecular flexibility index (Phi) is 2.97. The number of nitrogens with zero attached hydrogens (tertiary/aromatic N) is 3. The number of rotatable bonds is 1. The zero-order chi connectivity index (χ0) is 12.4. The summed E-state index contributed by atoms with van der Waals surface area (Å²) in [4.78, 5) is 5.81. The van der Waals surface area contributed by atoms with Crippen molar-refractivity contribution in [2.75, 3.05) is 18.6 Å². The highest BCUT2D eigenvalue weighted by Gasteiger charge is 2.26. The first kappa shape index (κ1) is 11.4. The molecular formula is C14H16N3+. The van der Waals surface area contributed by atoms with Crippen LogP contribution in [0.15, 0.2) is 41.7 Å². The summed E-state index contributed by atoms with van der Waals surface area (Å²) in [6.45, 7) is 12.1. The maximum atomic E-state index is 7.29. The van der Waals surface area contributed by atoms with Crippen molar-refractivity contribution in [3.63, 3.8) is 0 Å². The van der Waals surface area contributed by atoms with Gasteiger partial charge in [-0.15, -0.1) is 0 Å². The van der Waals surface area contributed by atoms with Gasteiger partial charge in [0.25, 0.3) is 5.70 Å². The molecular weight excluding hydrogens is 210 g/mol. The van der Waals surface area contributed by atoms with Crippen LogP contribution in [-0.2, 0) is 0 Å². The van der Waals surface area contributed by atoms with Crippen molar-refractivity contribution in [3.8, 4) is 0 Å². The van der Waals surface area contributed by atoms with Crippen molar-refractivity contribution in [1.29, 1.82) is 0 Å². The molecule has 86 valence electrons. The minimum absolute atomic E-state index is 0.752. The van der Waals surface area contributed by atoms with Crippen LogP contribution in [0, 0.1) is 6.57 Å². The highest BCUT2D eigenvalue weighted by molar-refractivity contribution is 5.98. The second-order valence-electron chi connectivity index (χ2n) is 4.23. The van der Waals surface area contributed by atoms with E-state index in [4.69, 9.17) is 6.57 Å². The number of anilines is 1. The van der Waals surface area contributed by atoms with Gasteiger partial charge in [-0.2, -0.15) is 0 Å². The molecule has 0 saturated carbocycles. The van der Waals surface area contributed by atoms with Gasteiger partial charge in [0.05, 0.1) is 6.57 Å². The maximum absolute atomic E-state index is 7.29. The fourth-order valence-corrected chi connectivity index (χ4v) is 2.04. The monoisotopic (exact) mass is 226 g/mol. The lowest BCUT2D eigenvalue weighted by Gasteiger charge is -2.27. The Balaban J connectivity index is 2.49. The first-order valence-electron chi connectivity index (χ1n) is 5.61. The van der Waals surface area contributed by atoms with E-state index in [0.29, 0.717) is 0 Å². The Hall–Kier alpha value is -2.08. The Morgan fingerprint density at radius 2 is 1.88 bits per heavy atom. The molecule has 17 heavy (non-hydrogen) atoms. The van der Waals surface area contributed by atoms with Crippen LogP contribution in [0.3, 0.4) is 0 Å². The van der Waals surface area contributed by atoms with Gasteiger partial charge in [0.2, 0.25) is 6.67 Å². The summed E-state index contributed by atoms with van der Waals surface area (Å²) in [5.41, 5.74) is 3.96. The number of hydrogen-bond donors (Lipinski definition) is 0. The summed E-state index contributed by atoms with van der Waals surface area (Å²) in [7, 11) is 2.02. The van der Waals surface area contributed by atoms with Gasteiger partial charge in [0.15, 0.2) is 5.71 Å². The number of allylic oxidation sites excluding steroid dienone is 2. The van der Waals surface area contributed by atoms with E-state index in [0.717, 1.165) is 29.5 Å². The summed E-state index contributed by atoms with van der Waals surface area (Å²) in [6.07, 6.45) is 0. The molecule has 0 spiro atoms. The van der Waals surface area contributed by atoms with Gasteiger partial charge in [0.1, 0.15) is 7.05 Å². The minimum Gasteiger partial charge on any atom is -0.300 e. The largest absolute Gasteiger partial charge is 0.300 e. The van der Waals surface area contributed by atoms with Crippen LogP contribution in [-0.4, -0.2) is 24.0 Å². The second kappa shape index (κ2) is 4.42. The smallest absolute Gasteiger partial charge is 0.270 e. The van der Waals surface area contributed by atoms with Gasteiger partial charge in [-0.05, 0) is 19.1 Å². The molecule has 0 radical (unpaired) electrons. The second-order valence-corrected chi connectivity index (χ2v) is 4.23. The van der Waals surface area contributed by atoms with Gasteiger partial charge in [-0.25, -0.2) is 9.42 Å². The molecule has 0 aromatic heterocycles. The van der Waals surface area contributed by atoms with E-state index in [-0.39, 0.29) is 0 Å².